The molecule has 0 unspecified atom stereocenters. The number of carbonyl (C=O) groups excluding carboxylic acids is 1. The molecule has 0 atom stereocenters. The summed E-state index contributed by atoms with van der Waals surface area (Å²) in [6.45, 7) is 5.01. The van der Waals surface area contributed by atoms with E-state index >= 15 is 0 Å². The molecule has 4 heteroatoms. The minimum Gasteiger partial charge on any atom is -0.271 e. The Bertz CT molecular complexity index is 158. The number of hydroxylamine groups is 2. The van der Waals surface area contributed by atoms with E-state index in [1.54, 1.807) is 0 Å². The standard InChI is InChI=1S/C7H12BrNO2/c1-7(2,8)6(10)9-4-3-5-11-9/h3-5H2,1-2H3. The Labute approximate surface area is 74.8 Å². The quantitative estimate of drug-likeness (QED) is 0.626. The van der Waals surface area contributed by atoms with Crippen molar-refractivity contribution >= 4 is 21.8 Å². The van der Waals surface area contributed by atoms with Gasteiger partial charge in [0.1, 0.15) is 4.32 Å². The molecule has 0 aromatic carbocycles. The summed E-state index contributed by atoms with van der Waals surface area (Å²) >= 11 is 3.28. The van der Waals surface area contributed by atoms with Crippen LogP contribution in [0.1, 0.15) is 20.3 Å². The zero-order valence-corrected chi connectivity index (χ0v) is 8.35. The minimum atomic E-state index is -0.503. The van der Waals surface area contributed by atoms with Gasteiger partial charge in [-0.25, -0.2) is 5.06 Å². The molecule has 0 aromatic rings. The van der Waals surface area contributed by atoms with Crippen molar-refractivity contribution in [1.82, 2.24) is 5.06 Å². The molecule has 1 aliphatic heterocycles. The summed E-state index contributed by atoms with van der Waals surface area (Å²) in [6, 6.07) is 0. The van der Waals surface area contributed by atoms with E-state index < -0.39 is 4.32 Å². The highest BCUT2D eigenvalue weighted by molar-refractivity contribution is 9.10. The zero-order valence-electron chi connectivity index (χ0n) is 6.76. The summed E-state index contributed by atoms with van der Waals surface area (Å²) in [5, 5.41) is 1.43. The first-order valence-corrected chi connectivity index (χ1v) is 4.45. The molecule has 1 heterocycles. The first-order valence-electron chi connectivity index (χ1n) is 3.65. The van der Waals surface area contributed by atoms with Crippen molar-refractivity contribution in [1.29, 1.82) is 0 Å². The molecule has 1 saturated heterocycles. The molecule has 1 rings (SSSR count). The topological polar surface area (TPSA) is 29.5 Å². The van der Waals surface area contributed by atoms with E-state index in [1.807, 2.05) is 13.8 Å². The Hall–Kier alpha value is -0.0900. The van der Waals surface area contributed by atoms with Crippen LogP contribution >= 0.6 is 15.9 Å². The molecule has 0 spiro atoms. The number of halogens is 1. The fourth-order valence-corrected chi connectivity index (χ4v) is 1.10. The van der Waals surface area contributed by atoms with Crippen molar-refractivity contribution in [3.8, 4) is 0 Å². The first kappa shape index (κ1) is 9.00. The van der Waals surface area contributed by atoms with E-state index in [0.29, 0.717) is 13.2 Å². The summed E-state index contributed by atoms with van der Waals surface area (Å²) in [4.78, 5) is 16.5. The van der Waals surface area contributed by atoms with Crippen molar-refractivity contribution in [2.24, 2.45) is 0 Å². The van der Waals surface area contributed by atoms with Gasteiger partial charge in [-0.2, -0.15) is 0 Å². The summed E-state index contributed by atoms with van der Waals surface area (Å²) < 4.78 is -0.503. The highest BCUT2D eigenvalue weighted by Crippen LogP contribution is 2.21. The van der Waals surface area contributed by atoms with Gasteiger partial charge in [0.15, 0.2) is 0 Å². The van der Waals surface area contributed by atoms with Gasteiger partial charge in [0.25, 0.3) is 5.91 Å². The van der Waals surface area contributed by atoms with E-state index in [0.717, 1.165) is 6.42 Å². The van der Waals surface area contributed by atoms with Gasteiger partial charge in [0, 0.05) is 0 Å². The van der Waals surface area contributed by atoms with Gasteiger partial charge >= 0.3 is 0 Å². The van der Waals surface area contributed by atoms with Crippen LogP contribution in [0, 0.1) is 0 Å². The fraction of sp³-hybridized carbons (Fsp3) is 0.857. The van der Waals surface area contributed by atoms with Crippen LogP contribution in [0.2, 0.25) is 0 Å². The number of rotatable bonds is 1. The molecule has 0 bridgehead atoms. The fourth-order valence-electron chi connectivity index (χ4n) is 0.904. The lowest BCUT2D eigenvalue weighted by atomic mass is 10.2. The Morgan fingerprint density at radius 3 is 2.64 bits per heavy atom. The molecule has 3 nitrogen and oxygen atoms in total. The highest BCUT2D eigenvalue weighted by atomic mass is 79.9. The van der Waals surface area contributed by atoms with Gasteiger partial charge in [-0.05, 0) is 20.3 Å². The smallest absolute Gasteiger partial charge is 0.262 e. The number of amides is 1. The predicted molar refractivity (Wildman–Crippen MR) is 45.3 cm³/mol. The SMILES string of the molecule is CC(C)(Br)C(=O)N1CCCO1. The van der Waals surface area contributed by atoms with Crippen LogP contribution in [0.25, 0.3) is 0 Å². The van der Waals surface area contributed by atoms with Crippen LogP contribution in [0.5, 0.6) is 0 Å². The van der Waals surface area contributed by atoms with Crippen molar-refractivity contribution in [3.05, 3.63) is 0 Å². The second-order valence-corrected chi connectivity index (χ2v) is 5.05. The Kier molecular flexibility index (Phi) is 2.54. The van der Waals surface area contributed by atoms with Gasteiger partial charge in [-0.15, -0.1) is 0 Å². The third kappa shape index (κ3) is 2.17. The number of alkyl halides is 1. The van der Waals surface area contributed by atoms with Crippen molar-refractivity contribution in [2.45, 2.75) is 24.6 Å². The van der Waals surface area contributed by atoms with E-state index in [2.05, 4.69) is 15.9 Å². The van der Waals surface area contributed by atoms with E-state index in [-0.39, 0.29) is 5.91 Å². The van der Waals surface area contributed by atoms with Gasteiger partial charge in [0.05, 0.1) is 13.2 Å². The number of hydrogen-bond acceptors (Lipinski definition) is 2. The molecule has 0 N–H and O–H groups in total. The van der Waals surface area contributed by atoms with Crippen molar-refractivity contribution in [2.75, 3.05) is 13.2 Å². The van der Waals surface area contributed by atoms with E-state index in [4.69, 9.17) is 4.84 Å². The maximum atomic E-state index is 11.4. The lowest BCUT2D eigenvalue weighted by molar-refractivity contribution is -0.170. The molecule has 1 fully saturated rings. The summed E-state index contributed by atoms with van der Waals surface area (Å²) in [5.41, 5.74) is 0. The van der Waals surface area contributed by atoms with E-state index in [1.165, 1.54) is 5.06 Å². The molecule has 0 radical (unpaired) electrons. The Morgan fingerprint density at radius 2 is 2.27 bits per heavy atom. The maximum Gasteiger partial charge on any atom is 0.262 e. The molecular formula is C7H12BrNO2. The summed E-state index contributed by atoms with van der Waals surface area (Å²) in [5.74, 6) is -0.00463. The van der Waals surface area contributed by atoms with Gasteiger partial charge < -0.3 is 0 Å². The minimum absolute atomic E-state index is 0.00463. The van der Waals surface area contributed by atoms with Crippen LogP contribution in [-0.4, -0.2) is 28.4 Å². The molecule has 0 saturated carbocycles. The monoisotopic (exact) mass is 221 g/mol. The molecule has 64 valence electrons. The molecule has 1 aliphatic rings. The lowest BCUT2D eigenvalue weighted by Gasteiger charge is -2.21. The molecule has 0 aromatic heterocycles. The van der Waals surface area contributed by atoms with Crippen molar-refractivity contribution < 1.29 is 9.63 Å². The molecule has 1 amide bonds. The average molecular weight is 222 g/mol. The average Bonchev–Trinajstić information content (AvgIpc) is 2.34. The number of carbonyl (C=O) groups is 1. The zero-order chi connectivity index (χ0) is 8.48. The van der Waals surface area contributed by atoms with Crippen LogP contribution in [0.4, 0.5) is 0 Å². The van der Waals surface area contributed by atoms with Gasteiger partial charge in [0.2, 0.25) is 0 Å². The summed E-state index contributed by atoms with van der Waals surface area (Å²) in [7, 11) is 0. The van der Waals surface area contributed by atoms with Gasteiger partial charge in [-0.1, -0.05) is 15.9 Å². The second kappa shape index (κ2) is 3.11. The number of nitrogens with zero attached hydrogens (tertiary/aromatic N) is 1. The Morgan fingerprint density at radius 1 is 1.64 bits per heavy atom. The molecular weight excluding hydrogens is 210 g/mol. The first-order chi connectivity index (χ1) is 5.02. The summed E-state index contributed by atoms with van der Waals surface area (Å²) in [6.07, 6.45) is 0.939. The third-order valence-corrected chi connectivity index (χ3v) is 1.83. The largest absolute Gasteiger partial charge is 0.271 e. The predicted octanol–water partition coefficient (Wildman–Crippen LogP) is 1.32. The molecule has 11 heavy (non-hydrogen) atoms. The maximum absolute atomic E-state index is 11.4. The third-order valence-electron chi connectivity index (χ3n) is 1.49. The van der Waals surface area contributed by atoms with Crippen LogP contribution in [0.3, 0.4) is 0 Å². The van der Waals surface area contributed by atoms with Gasteiger partial charge in [-0.3, -0.25) is 9.63 Å². The highest BCUT2D eigenvalue weighted by Gasteiger charge is 2.31. The van der Waals surface area contributed by atoms with Crippen molar-refractivity contribution in [3.63, 3.8) is 0 Å². The van der Waals surface area contributed by atoms with Crippen LogP contribution in [0.15, 0.2) is 0 Å². The Balaban J connectivity index is 2.53. The second-order valence-electron chi connectivity index (χ2n) is 3.07. The van der Waals surface area contributed by atoms with Crippen LogP contribution < -0.4 is 0 Å². The van der Waals surface area contributed by atoms with Crippen LogP contribution in [-0.2, 0) is 9.63 Å². The lowest BCUT2D eigenvalue weighted by Crippen LogP contribution is -2.39. The normalized spacial score (nSPS) is 19.0. The number of hydrogen-bond donors (Lipinski definition) is 0. The van der Waals surface area contributed by atoms with E-state index in [9.17, 15) is 4.79 Å². The molecule has 0 aliphatic carbocycles.